The van der Waals surface area contributed by atoms with Crippen molar-refractivity contribution in [3.05, 3.63) is 65.4 Å². The lowest BCUT2D eigenvalue weighted by atomic mass is 10.1. The molecule has 0 aliphatic carbocycles. The minimum atomic E-state index is 0.844. The summed E-state index contributed by atoms with van der Waals surface area (Å²) >= 11 is 0. The molecule has 2 aromatic rings. The second-order valence-corrected chi connectivity index (χ2v) is 7.56. The smallest absolute Gasteiger partial charge is 0.140 e. The first-order valence-corrected chi connectivity index (χ1v) is 10.1. The number of rotatable bonds is 3. The maximum atomic E-state index is 4.95. The van der Waals surface area contributed by atoms with Crippen molar-refractivity contribution in [3.63, 3.8) is 0 Å². The number of nitrogens with one attached hydrogen (secondary N) is 1. The van der Waals surface area contributed by atoms with Crippen molar-refractivity contribution in [1.29, 1.82) is 0 Å². The lowest BCUT2D eigenvalue weighted by Gasteiger charge is -2.34. The van der Waals surface area contributed by atoms with Gasteiger partial charge in [0, 0.05) is 56.9 Å². The molecule has 0 saturated carbocycles. The molecule has 5 rings (SSSR count). The zero-order chi connectivity index (χ0) is 19.1. The summed E-state index contributed by atoms with van der Waals surface area (Å²) in [5.74, 6) is 1.01. The highest BCUT2D eigenvalue weighted by Crippen LogP contribution is 2.26. The Hall–Kier alpha value is -2.86. The predicted molar refractivity (Wildman–Crippen MR) is 113 cm³/mol. The molecule has 6 heteroatoms. The molecule has 0 radical (unpaired) electrons. The minimum Gasteiger partial charge on any atom is -0.368 e. The van der Waals surface area contributed by atoms with Crippen LogP contribution < -0.4 is 5.32 Å². The van der Waals surface area contributed by atoms with E-state index in [-0.39, 0.29) is 0 Å². The summed E-state index contributed by atoms with van der Waals surface area (Å²) in [7, 11) is 0. The first-order valence-electron chi connectivity index (χ1n) is 10.1. The van der Waals surface area contributed by atoms with E-state index in [1.807, 2.05) is 6.92 Å². The van der Waals surface area contributed by atoms with Crippen LogP contribution in [0.3, 0.4) is 0 Å². The molecule has 144 valence electrons. The van der Waals surface area contributed by atoms with Crippen molar-refractivity contribution in [1.82, 2.24) is 24.5 Å². The molecule has 1 saturated heterocycles. The zero-order valence-corrected chi connectivity index (χ0v) is 16.5. The molecular weight excluding hydrogens is 348 g/mol. The van der Waals surface area contributed by atoms with Crippen molar-refractivity contribution in [2.45, 2.75) is 20.3 Å². The van der Waals surface area contributed by atoms with Gasteiger partial charge in [-0.25, -0.2) is 9.98 Å². The normalized spacial score (nSPS) is 19.4. The number of piperazine rings is 1. The van der Waals surface area contributed by atoms with Gasteiger partial charge in [0.15, 0.2) is 0 Å². The van der Waals surface area contributed by atoms with Crippen LogP contribution in [0.4, 0.5) is 0 Å². The summed E-state index contributed by atoms with van der Waals surface area (Å²) in [6.07, 6.45) is 14.0. The average molecular weight is 374 g/mol. The Labute approximate surface area is 165 Å². The third-order valence-corrected chi connectivity index (χ3v) is 5.61. The van der Waals surface area contributed by atoms with Crippen molar-refractivity contribution >= 4 is 17.2 Å². The number of imidazole rings is 1. The van der Waals surface area contributed by atoms with Gasteiger partial charge in [0.1, 0.15) is 11.5 Å². The highest BCUT2D eigenvalue weighted by Gasteiger charge is 2.21. The topological polar surface area (TPSA) is 48.2 Å². The van der Waals surface area contributed by atoms with Crippen molar-refractivity contribution in [2.24, 2.45) is 4.99 Å². The van der Waals surface area contributed by atoms with Crippen LogP contribution in [0.1, 0.15) is 23.7 Å². The monoisotopic (exact) mass is 374 g/mol. The molecule has 1 fully saturated rings. The van der Waals surface area contributed by atoms with Crippen molar-refractivity contribution in [3.8, 4) is 0 Å². The van der Waals surface area contributed by atoms with Crippen LogP contribution in [0, 0.1) is 6.92 Å². The summed E-state index contributed by atoms with van der Waals surface area (Å²) in [4.78, 5) is 14.3. The van der Waals surface area contributed by atoms with Gasteiger partial charge in [-0.2, -0.15) is 0 Å². The maximum absolute atomic E-state index is 4.95. The highest BCUT2D eigenvalue weighted by atomic mass is 15.2. The summed E-state index contributed by atoms with van der Waals surface area (Å²) < 4.78 is 2.13. The van der Waals surface area contributed by atoms with Crippen LogP contribution >= 0.6 is 0 Å². The second-order valence-electron chi connectivity index (χ2n) is 7.56. The Bertz CT molecular complexity index is 1030. The molecule has 2 aromatic heterocycles. The Balaban J connectivity index is 1.43. The summed E-state index contributed by atoms with van der Waals surface area (Å²) in [5.41, 5.74) is 6.82. The largest absolute Gasteiger partial charge is 0.368 e. The lowest BCUT2D eigenvalue weighted by molar-refractivity contribution is 0.302. The van der Waals surface area contributed by atoms with E-state index in [0.29, 0.717) is 0 Å². The van der Waals surface area contributed by atoms with Gasteiger partial charge in [0.2, 0.25) is 0 Å². The Morgan fingerprint density at radius 1 is 1.14 bits per heavy atom. The first kappa shape index (κ1) is 17.3. The summed E-state index contributed by atoms with van der Waals surface area (Å²) in [6, 6.07) is 2.24. The van der Waals surface area contributed by atoms with E-state index in [2.05, 4.69) is 74.3 Å². The van der Waals surface area contributed by atoms with Gasteiger partial charge in [-0.05, 0) is 43.2 Å². The fraction of sp³-hybridized carbons (Fsp3) is 0.364. The summed E-state index contributed by atoms with van der Waals surface area (Å²) in [6.45, 7) is 9.27. The van der Waals surface area contributed by atoms with Gasteiger partial charge in [0.05, 0.1) is 17.1 Å². The molecule has 5 heterocycles. The number of allylic oxidation sites excluding steroid dienone is 1. The fourth-order valence-electron chi connectivity index (χ4n) is 4.11. The van der Waals surface area contributed by atoms with Gasteiger partial charge >= 0.3 is 0 Å². The lowest BCUT2D eigenvalue weighted by Crippen LogP contribution is -2.44. The van der Waals surface area contributed by atoms with Crippen LogP contribution in [-0.4, -0.2) is 57.7 Å². The van der Waals surface area contributed by atoms with Crippen LogP contribution in [0.15, 0.2) is 53.6 Å². The van der Waals surface area contributed by atoms with E-state index in [1.54, 1.807) is 0 Å². The third-order valence-electron chi connectivity index (χ3n) is 5.61. The SMILES string of the molecule is CCc1cc(C2=CCN3C=C(N4CCNCC4)C=CC3=N2)cn2cc(C)nc12. The standard InChI is InChI=1S/C22H26N6/c1-3-17-12-18(14-28-13-16(2)24-22(17)28)20-6-9-27-15-19(4-5-21(27)25-20)26-10-7-23-8-11-26/h4-6,12-15,23H,3,7-11H2,1-2H3. The Morgan fingerprint density at radius 2 is 2.00 bits per heavy atom. The molecule has 0 atom stereocenters. The van der Waals surface area contributed by atoms with Crippen molar-refractivity contribution in [2.75, 3.05) is 32.7 Å². The number of fused-ring (bicyclic) bond motifs is 2. The molecule has 28 heavy (non-hydrogen) atoms. The summed E-state index contributed by atoms with van der Waals surface area (Å²) in [5, 5.41) is 3.41. The number of amidine groups is 1. The van der Waals surface area contributed by atoms with Gasteiger partial charge in [-0.3, -0.25) is 0 Å². The molecule has 0 amide bonds. The molecule has 0 aromatic carbocycles. The molecule has 1 N–H and O–H groups in total. The van der Waals surface area contributed by atoms with Crippen LogP contribution in [-0.2, 0) is 6.42 Å². The van der Waals surface area contributed by atoms with E-state index in [1.165, 1.54) is 11.3 Å². The highest BCUT2D eigenvalue weighted by molar-refractivity contribution is 6.00. The van der Waals surface area contributed by atoms with E-state index < -0.39 is 0 Å². The number of hydrogen-bond acceptors (Lipinski definition) is 5. The van der Waals surface area contributed by atoms with E-state index in [0.717, 1.165) is 67.6 Å². The minimum absolute atomic E-state index is 0.844. The molecule has 6 nitrogen and oxygen atoms in total. The van der Waals surface area contributed by atoms with Gasteiger partial charge < -0.3 is 19.5 Å². The van der Waals surface area contributed by atoms with E-state index >= 15 is 0 Å². The predicted octanol–water partition coefficient (Wildman–Crippen LogP) is 2.58. The second kappa shape index (κ2) is 6.95. The molecule has 0 bridgehead atoms. The van der Waals surface area contributed by atoms with Crippen LogP contribution in [0.25, 0.3) is 11.3 Å². The number of aliphatic imine (C=N–C) groups is 1. The number of nitrogens with zero attached hydrogens (tertiary/aromatic N) is 5. The zero-order valence-electron chi connectivity index (χ0n) is 16.5. The molecule has 3 aliphatic heterocycles. The van der Waals surface area contributed by atoms with Crippen LogP contribution in [0.5, 0.6) is 0 Å². The molecule has 0 unspecified atom stereocenters. The third kappa shape index (κ3) is 3.03. The molecular formula is C22H26N6. The quantitative estimate of drug-likeness (QED) is 0.897. The van der Waals surface area contributed by atoms with Crippen LogP contribution in [0.2, 0.25) is 0 Å². The Kier molecular flexibility index (Phi) is 4.28. The van der Waals surface area contributed by atoms with Gasteiger partial charge in [0.25, 0.3) is 0 Å². The van der Waals surface area contributed by atoms with Gasteiger partial charge in [-0.15, -0.1) is 0 Å². The van der Waals surface area contributed by atoms with Crippen molar-refractivity contribution < 1.29 is 0 Å². The number of aromatic nitrogens is 2. The fourth-order valence-corrected chi connectivity index (χ4v) is 4.11. The van der Waals surface area contributed by atoms with E-state index in [9.17, 15) is 0 Å². The number of aryl methyl sites for hydroxylation is 2. The number of pyridine rings is 1. The maximum Gasteiger partial charge on any atom is 0.140 e. The molecule has 0 spiro atoms. The average Bonchev–Trinajstić information content (AvgIpc) is 3.13. The van der Waals surface area contributed by atoms with E-state index in [4.69, 9.17) is 4.99 Å². The molecule has 3 aliphatic rings. The number of hydrogen-bond donors (Lipinski definition) is 1. The Morgan fingerprint density at radius 3 is 2.82 bits per heavy atom. The first-order chi connectivity index (χ1) is 13.7. The van der Waals surface area contributed by atoms with Gasteiger partial charge in [-0.1, -0.05) is 6.92 Å².